The van der Waals surface area contributed by atoms with Crippen LogP contribution in [0.15, 0.2) is 0 Å². The van der Waals surface area contributed by atoms with Gasteiger partial charge >= 0.3 is 0 Å². The number of carbonyl (C=O) groups is 1. The maximum Gasteiger partial charge on any atom is 0.265 e. The summed E-state index contributed by atoms with van der Waals surface area (Å²) in [6.07, 6.45) is 3.02. The predicted molar refractivity (Wildman–Crippen MR) is 80.6 cm³/mol. The lowest BCUT2D eigenvalue weighted by Crippen LogP contribution is -2.25. The van der Waals surface area contributed by atoms with Gasteiger partial charge in [0.2, 0.25) is 0 Å². The molecule has 5 nitrogen and oxygen atoms in total. The molecule has 1 aromatic heterocycles. The minimum atomic E-state index is -0.137. The van der Waals surface area contributed by atoms with Crippen molar-refractivity contribution in [3.8, 4) is 0 Å². The molecule has 1 heterocycles. The first kappa shape index (κ1) is 15.1. The number of nitrogens with two attached hydrogens (primary N) is 1. The van der Waals surface area contributed by atoms with E-state index >= 15 is 0 Å². The summed E-state index contributed by atoms with van der Waals surface area (Å²) in [5.74, 6) is 0.161. The highest BCUT2D eigenvalue weighted by Gasteiger charge is 2.15. The second kappa shape index (κ2) is 7.48. The highest BCUT2D eigenvalue weighted by molar-refractivity contribution is 7.99. The summed E-state index contributed by atoms with van der Waals surface area (Å²) in [6.45, 7) is 5.54. The average molecular weight is 288 g/mol. The Morgan fingerprint density at radius 1 is 1.61 bits per heavy atom. The third kappa shape index (κ3) is 4.38. The molecule has 7 heteroatoms. The van der Waals surface area contributed by atoms with Crippen LogP contribution in [0.1, 0.15) is 29.9 Å². The molecule has 1 rings (SSSR count). The average Bonchev–Trinajstić information content (AvgIpc) is 2.70. The van der Waals surface area contributed by atoms with Crippen molar-refractivity contribution in [2.45, 2.75) is 25.5 Å². The van der Waals surface area contributed by atoms with E-state index < -0.39 is 0 Å². The van der Waals surface area contributed by atoms with Gasteiger partial charge in [-0.3, -0.25) is 4.79 Å². The molecule has 0 saturated heterocycles. The first-order valence-corrected chi connectivity index (χ1v) is 8.00. The van der Waals surface area contributed by atoms with Crippen LogP contribution >= 0.6 is 23.1 Å². The fraction of sp³-hybridized carbons (Fsp3) is 0.636. The van der Waals surface area contributed by atoms with Crippen LogP contribution in [0, 0.1) is 0 Å². The van der Waals surface area contributed by atoms with Crippen molar-refractivity contribution in [1.82, 2.24) is 10.3 Å². The number of amides is 1. The summed E-state index contributed by atoms with van der Waals surface area (Å²) >= 11 is 3.08. The van der Waals surface area contributed by atoms with Crippen LogP contribution in [0.3, 0.4) is 0 Å². The lowest BCUT2D eigenvalue weighted by Gasteiger charge is -2.08. The van der Waals surface area contributed by atoms with Crippen LogP contribution in [0.5, 0.6) is 0 Å². The van der Waals surface area contributed by atoms with E-state index in [1.807, 2.05) is 6.92 Å². The number of nitrogens with one attached hydrogen (secondary N) is 2. The molecule has 1 aromatic rings. The van der Waals surface area contributed by atoms with E-state index in [0.29, 0.717) is 27.6 Å². The zero-order chi connectivity index (χ0) is 13.5. The topological polar surface area (TPSA) is 80.0 Å². The van der Waals surface area contributed by atoms with Crippen molar-refractivity contribution in [2.75, 3.05) is 30.4 Å². The number of aromatic nitrogens is 1. The van der Waals surface area contributed by atoms with Crippen molar-refractivity contribution in [2.24, 2.45) is 0 Å². The summed E-state index contributed by atoms with van der Waals surface area (Å²) < 4.78 is 0. The largest absolute Gasteiger partial charge is 0.382 e. The molecule has 1 atom stereocenters. The molecule has 0 spiro atoms. The van der Waals surface area contributed by atoms with Gasteiger partial charge in [0.1, 0.15) is 10.7 Å². The Balaban J connectivity index is 2.50. The number of thioether (sulfide) groups is 1. The summed E-state index contributed by atoms with van der Waals surface area (Å²) in [4.78, 5) is 16.5. The fourth-order valence-corrected chi connectivity index (χ4v) is 2.53. The van der Waals surface area contributed by atoms with Gasteiger partial charge in [-0.15, -0.1) is 0 Å². The molecule has 0 saturated carbocycles. The Morgan fingerprint density at radius 3 is 2.94 bits per heavy atom. The van der Waals surface area contributed by atoms with Gasteiger partial charge in [-0.1, -0.05) is 18.3 Å². The molecule has 0 aliphatic heterocycles. The minimum absolute atomic E-state index is 0.137. The molecule has 102 valence electrons. The molecule has 0 aliphatic carbocycles. The number of nitrogens with zero attached hydrogens (tertiary/aromatic N) is 1. The maximum atomic E-state index is 11.9. The Bertz CT molecular complexity index is 394. The zero-order valence-electron chi connectivity index (χ0n) is 10.9. The van der Waals surface area contributed by atoms with E-state index in [0.717, 1.165) is 13.0 Å². The minimum Gasteiger partial charge on any atom is -0.382 e. The SMILES string of the molecule is CCNc1nc(N)c(C(=O)NCCC(C)SC)s1. The van der Waals surface area contributed by atoms with E-state index in [-0.39, 0.29) is 5.91 Å². The van der Waals surface area contributed by atoms with E-state index in [4.69, 9.17) is 5.73 Å². The van der Waals surface area contributed by atoms with Crippen LogP contribution in [-0.4, -0.2) is 35.5 Å². The van der Waals surface area contributed by atoms with E-state index in [9.17, 15) is 4.79 Å². The molecule has 0 aliphatic rings. The number of rotatable bonds is 7. The van der Waals surface area contributed by atoms with Crippen molar-refractivity contribution in [3.05, 3.63) is 4.88 Å². The van der Waals surface area contributed by atoms with Gasteiger partial charge < -0.3 is 16.4 Å². The van der Waals surface area contributed by atoms with Crippen LogP contribution < -0.4 is 16.4 Å². The van der Waals surface area contributed by atoms with Crippen LogP contribution in [0.25, 0.3) is 0 Å². The van der Waals surface area contributed by atoms with Gasteiger partial charge in [0.05, 0.1) is 0 Å². The molecule has 0 fully saturated rings. The Labute approximate surface area is 116 Å². The second-order valence-electron chi connectivity index (χ2n) is 3.85. The summed E-state index contributed by atoms with van der Waals surface area (Å²) in [5.41, 5.74) is 5.72. The first-order valence-electron chi connectivity index (χ1n) is 5.89. The standard InChI is InChI=1S/C11H20N4OS2/c1-4-13-11-15-9(12)8(18-11)10(16)14-6-5-7(2)17-3/h7H,4-6,12H2,1-3H3,(H,13,15)(H,14,16). The summed E-state index contributed by atoms with van der Waals surface area (Å²) in [6, 6.07) is 0. The molecule has 0 radical (unpaired) electrons. The molecule has 18 heavy (non-hydrogen) atoms. The maximum absolute atomic E-state index is 11.9. The predicted octanol–water partition coefficient (Wildman–Crippen LogP) is 2.03. The number of anilines is 2. The first-order chi connectivity index (χ1) is 8.58. The van der Waals surface area contributed by atoms with Crippen molar-refractivity contribution < 1.29 is 4.79 Å². The number of thiazole rings is 1. The normalized spacial score (nSPS) is 12.2. The van der Waals surface area contributed by atoms with Crippen molar-refractivity contribution in [3.63, 3.8) is 0 Å². The second-order valence-corrected chi connectivity index (χ2v) is 6.13. The van der Waals surface area contributed by atoms with Gasteiger partial charge in [0, 0.05) is 18.3 Å². The summed E-state index contributed by atoms with van der Waals surface area (Å²) in [5, 5.41) is 7.16. The van der Waals surface area contributed by atoms with E-state index in [1.54, 1.807) is 11.8 Å². The van der Waals surface area contributed by atoms with Gasteiger partial charge in [0.15, 0.2) is 5.13 Å². The Hall–Kier alpha value is -0.950. The van der Waals surface area contributed by atoms with Crippen molar-refractivity contribution >= 4 is 40.0 Å². The Kier molecular flexibility index (Phi) is 6.28. The number of nitrogen functional groups attached to an aromatic ring is 1. The highest BCUT2D eigenvalue weighted by Crippen LogP contribution is 2.24. The molecular weight excluding hydrogens is 268 g/mol. The zero-order valence-corrected chi connectivity index (χ0v) is 12.6. The highest BCUT2D eigenvalue weighted by atomic mass is 32.2. The molecular formula is C11H20N4OS2. The van der Waals surface area contributed by atoms with Gasteiger partial charge in [-0.2, -0.15) is 11.8 Å². The number of hydrogen-bond donors (Lipinski definition) is 3. The van der Waals surface area contributed by atoms with Crippen molar-refractivity contribution in [1.29, 1.82) is 0 Å². The van der Waals surface area contributed by atoms with Gasteiger partial charge in [-0.25, -0.2) is 4.98 Å². The van der Waals surface area contributed by atoms with E-state index in [1.165, 1.54) is 11.3 Å². The van der Waals surface area contributed by atoms with Gasteiger partial charge in [0.25, 0.3) is 5.91 Å². The summed E-state index contributed by atoms with van der Waals surface area (Å²) in [7, 11) is 0. The molecule has 1 unspecified atom stereocenters. The number of hydrogen-bond acceptors (Lipinski definition) is 6. The fourth-order valence-electron chi connectivity index (χ4n) is 1.31. The third-order valence-corrected chi connectivity index (χ3v) is 4.49. The number of carbonyl (C=O) groups excluding carboxylic acids is 1. The van der Waals surface area contributed by atoms with Crippen LogP contribution in [-0.2, 0) is 0 Å². The van der Waals surface area contributed by atoms with E-state index in [2.05, 4.69) is 28.8 Å². The third-order valence-electron chi connectivity index (χ3n) is 2.43. The van der Waals surface area contributed by atoms with Crippen LogP contribution in [0.4, 0.5) is 10.9 Å². The monoisotopic (exact) mass is 288 g/mol. The van der Waals surface area contributed by atoms with Crippen LogP contribution in [0.2, 0.25) is 0 Å². The molecule has 0 bridgehead atoms. The lowest BCUT2D eigenvalue weighted by molar-refractivity contribution is 0.0958. The quantitative estimate of drug-likeness (QED) is 0.715. The lowest BCUT2D eigenvalue weighted by atomic mass is 10.3. The molecule has 0 aromatic carbocycles. The smallest absolute Gasteiger partial charge is 0.265 e. The van der Waals surface area contributed by atoms with Gasteiger partial charge in [-0.05, 0) is 19.6 Å². The molecule has 1 amide bonds. The Morgan fingerprint density at radius 2 is 2.33 bits per heavy atom. The molecule has 4 N–H and O–H groups in total.